The molecule has 2 aromatic rings. The fourth-order valence-corrected chi connectivity index (χ4v) is 1.69. The van der Waals surface area contributed by atoms with Gasteiger partial charge in [-0.15, -0.1) is 0 Å². The molecule has 0 aliphatic heterocycles. The lowest BCUT2D eigenvalue weighted by molar-refractivity contribution is 0.0655. The average Bonchev–Trinajstić information content (AvgIpc) is 2.78. The predicted octanol–water partition coefficient (Wildman–Crippen LogP) is 2.82. The molecule has 1 atom stereocenters. The normalized spacial score (nSPS) is 12.4. The van der Waals surface area contributed by atoms with E-state index in [-0.39, 0.29) is 11.5 Å². The van der Waals surface area contributed by atoms with E-state index in [0.29, 0.717) is 5.56 Å². The van der Waals surface area contributed by atoms with Gasteiger partial charge in [-0.3, -0.25) is 0 Å². The van der Waals surface area contributed by atoms with Gasteiger partial charge in [-0.2, -0.15) is 0 Å². The first-order chi connectivity index (χ1) is 8.08. The van der Waals surface area contributed by atoms with Gasteiger partial charge in [-0.05, 0) is 29.8 Å². The third-order valence-electron chi connectivity index (χ3n) is 2.29. The van der Waals surface area contributed by atoms with Gasteiger partial charge in [0.15, 0.2) is 0 Å². The van der Waals surface area contributed by atoms with Crippen molar-refractivity contribution in [2.75, 3.05) is 0 Å². The predicted molar refractivity (Wildman–Crippen MR) is 63.9 cm³/mol. The Morgan fingerprint density at radius 3 is 2.35 bits per heavy atom. The third kappa shape index (κ3) is 2.57. The molecule has 2 rings (SSSR count). The van der Waals surface area contributed by atoms with Crippen LogP contribution in [0.1, 0.15) is 28.0 Å². The van der Waals surface area contributed by atoms with Gasteiger partial charge >= 0.3 is 5.97 Å². The molecule has 5 heteroatoms. The number of aliphatic hydroxyl groups is 1. The van der Waals surface area contributed by atoms with Crippen molar-refractivity contribution in [1.82, 2.24) is 0 Å². The number of furan rings is 1. The van der Waals surface area contributed by atoms with Crippen molar-refractivity contribution in [3.05, 3.63) is 58.0 Å². The summed E-state index contributed by atoms with van der Waals surface area (Å²) in [5.74, 6) is -1.12. The van der Waals surface area contributed by atoms with Crippen LogP contribution in [0.25, 0.3) is 0 Å². The van der Waals surface area contributed by atoms with Crippen LogP contribution in [-0.2, 0) is 0 Å². The number of aliphatic hydroxyl groups excluding tert-OH is 1. The summed E-state index contributed by atoms with van der Waals surface area (Å²) >= 11 is 3.29. The fraction of sp³-hybridized carbons (Fsp3) is 0.0833. The van der Waals surface area contributed by atoms with E-state index >= 15 is 0 Å². The Morgan fingerprint density at radius 2 is 1.82 bits per heavy atom. The first-order valence-corrected chi connectivity index (χ1v) is 5.64. The average molecular weight is 297 g/mol. The van der Waals surface area contributed by atoms with Crippen LogP contribution in [-0.4, -0.2) is 16.2 Å². The highest BCUT2D eigenvalue weighted by atomic mass is 79.9. The van der Waals surface area contributed by atoms with Gasteiger partial charge in [0.25, 0.3) is 0 Å². The van der Waals surface area contributed by atoms with E-state index in [1.807, 2.05) is 0 Å². The van der Waals surface area contributed by atoms with E-state index in [9.17, 15) is 9.90 Å². The second-order valence-corrected chi connectivity index (χ2v) is 4.38. The number of benzene rings is 1. The first kappa shape index (κ1) is 11.9. The zero-order valence-electron chi connectivity index (χ0n) is 8.63. The first-order valence-electron chi connectivity index (χ1n) is 4.84. The van der Waals surface area contributed by atoms with Crippen LogP contribution in [0.15, 0.2) is 45.3 Å². The van der Waals surface area contributed by atoms with Gasteiger partial charge in [0.2, 0.25) is 5.76 Å². The van der Waals surface area contributed by atoms with Crippen molar-refractivity contribution < 1.29 is 19.4 Å². The zero-order valence-corrected chi connectivity index (χ0v) is 10.2. The summed E-state index contributed by atoms with van der Waals surface area (Å²) in [4.78, 5) is 10.6. The molecule has 0 aliphatic rings. The molecule has 17 heavy (non-hydrogen) atoms. The Kier molecular flexibility index (Phi) is 3.31. The van der Waals surface area contributed by atoms with E-state index in [1.165, 1.54) is 12.1 Å². The maximum Gasteiger partial charge on any atom is 0.371 e. The minimum atomic E-state index is -1.15. The van der Waals surface area contributed by atoms with Crippen molar-refractivity contribution in [2.24, 2.45) is 0 Å². The van der Waals surface area contributed by atoms with Crippen molar-refractivity contribution in [2.45, 2.75) is 6.10 Å². The lowest BCUT2D eigenvalue weighted by Gasteiger charge is -2.07. The number of halogens is 1. The Labute approximate surface area is 106 Å². The molecule has 0 aliphatic carbocycles. The molecule has 4 nitrogen and oxygen atoms in total. The maximum absolute atomic E-state index is 10.6. The highest BCUT2D eigenvalue weighted by molar-refractivity contribution is 9.10. The second-order valence-electron chi connectivity index (χ2n) is 3.46. The lowest BCUT2D eigenvalue weighted by atomic mass is 10.1. The summed E-state index contributed by atoms with van der Waals surface area (Å²) in [5, 5.41) is 18.7. The number of carbonyl (C=O) groups is 1. The van der Waals surface area contributed by atoms with E-state index in [0.717, 1.165) is 4.47 Å². The molecule has 0 spiro atoms. The minimum Gasteiger partial charge on any atom is -0.475 e. The van der Waals surface area contributed by atoms with Crippen LogP contribution in [0.5, 0.6) is 0 Å². The largest absolute Gasteiger partial charge is 0.475 e. The molecular formula is C12H9BrO4. The molecule has 0 saturated carbocycles. The van der Waals surface area contributed by atoms with E-state index in [4.69, 9.17) is 9.52 Å². The quantitative estimate of drug-likeness (QED) is 0.914. The smallest absolute Gasteiger partial charge is 0.371 e. The summed E-state index contributed by atoms with van der Waals surface area (Å²) in [6.45, 7) is 0. The van der Waals surface area contributed by atoms with E-state index in [1.54, 1.807) is 24.3 Å². The number of hydrogen-bond acceptors (Lipinski definition) is 3. The summed E-state index contributed by atoms with van der Waals surface area (Å²) in [5.41, 5.74) is 0.638. The molecule has 0 amide bonds. The number of rotatable bonds is 3. The van der Waals surface area contributed by atoms with Gasteiger partial charge < -0.3 is 14.6 Å². The SMILES string of the molecule is O=C(O)c1ccc(C(O)c2ccc(Br)cc2)o1. The molecule has 0 radical (unpaired) electrons. The van der Waals surface area contributed by atoms with Gasteiger partial charge in [0.05, 0.1) is 0 Å². The Balaban J connectivity index is 2.27. The molecule has 1 aromatic heterocycles. The standard InChI is InChI=1S/C12H9BrO4/c13-8-3-1-7(2-4-8)11(14)9-5-6-10(17-9)12(15)16/h1-6,11,14H,(H,15,16). The van der Waals surface area contributed by atoms with Crippen molar-refractivity contribution >= 4 is 21.9 Å². The van der Waals surface area contributed by atoms with Gasteiger partial charge in [-0.25, -0.2) is 4.79 Å². The van der Waals surface area contributed by atoms with E-state index < -0.39 is 12.1 Å². The fourth-order valence-electron chi connectivity index (χ4n) is 1.42. The lowest BCUT2D eigenvalue weighted by Crippen LogP contribution is -1.98. The highest BCUT2D eigenvalue weighted by Gasteiger charge is 2.17. The molecule has 0 fully saturated rings. The zero-order chi connectivity index (χ0) is 12.4. The Hall–Kier alpha value is -1.59. The van der Waals surface area contributed by atoms with Crippen LogP contribution in [0.3, 0.4) is 0 Å². The highest BCUT2D eigenvalue weighted by Crippen LogP contribution is 2.25. The number of aromatic carboxylic acids is 1. The summed E-state index contributed by atoms with van der Waals surface area (Å²) in [6.07, 6.45) is -0.962. The van der Waals surface area contributed by atoms with Crippen molar-refractivity contribution in [3.63, 3.8) is 0 Å². The number of hydrogen-bond donors (Lipinski definition) is 2. The number of carboxylic acids is 1. The van der Waals surface area contributed by atoms with Crippen LogP contribution in [0.4, 0.5) is 0 Å². The van der Waals surface area contributed by atoms with Gasteiger partial charge in [0.1, 0.15) is 11.9 Å². The number of carboxylic acid groups (broad SMARTS) is 1. The van der Waals surface area contributed by atoms with Crippen LogP contribution >= 0.6 is 15.9 Å². The van der Waals surface area contributed by atoms with Crippen molar-refractivity contribution in [3.8, 4) is 0 Å². The molecule has 88 valence electrons. The van der Waals surface area contributed by atoms with Gasteiger partial charge in [-0.1, -0.05) is 28.1 Å². The van der Waals surface area contributed by atoms with Crippen molar-refractivity contribution in [1.29, 1.82) is 0 Å². The van der Waals surface area contributed by atoms with Crippen LogP contribution in [0, 0.1) is 0 Å². The summed E-state index contributed by atoms with van der Waals surface area (Å²) in [7, 11) is 0. The monoisotopic (exact) mass is 296 g/mol. The maximum atomic E-state index is 10.6. The second kappa shape index (κ2) is 4.73. The molecule has 0 saturated heterocycles. The Morgan fingerprint density at radius 1 is 1.18 bits per heavy atom. The molecule has 0 bridgehead atoms. The molecule has 1 unspecified atom stereocenters. The Bertz CT molecular complexity index is 530. The third-order valence-corrected chi connectivity index (χ3v) is 2.82. The summed E-state index contributed by atoms with van der Waals surface area (Å²) < 4.78 is 5.93. The molecule has 2 N–H and O–H groups in total. The molecular weight excluding hydrogens is 288 g/mol. The molecule has 1 aromatic carbocycles. The van der Waals surface area contributed by atoms with Crippen LogP contribution < -0.4 is 0 Å². The van der Waals surface area contributed by atoms with Gasteiger partial charge in [0, 0.05) is 4.47 Å². The summed E-state index contributed by atoms with van der Waals surface area (Å²) in [6, 6.07) is 9.82. The molecule has 1 heterocycles. The minimum absolute atomic E-state index is 0.184. The van der Waals surface area contributed by atoms with Crippen LogP contribution in [0.2, 0.25) is 0 Å². The topological polar surface area (TPSA) is 70.7 Å². The van der Waals surface area contributed by atoms with E-state index in [2.05, 4.69) is 15.9 Å².